The van der Waals surface area contributed by atoms with Crippen LogP contribution in [0.25, 0.3) is 0 Å². The molecular formula is C10H21F3N2O3S. The third-order valence-electron chi connectivity index (χ3n) is 2.20. The maximum absolute atomic E-state index is 11.7. The highest BCUT2D eigenvalue weighted by Crippen LogP contribution is 2.13. The van der Waals surface area contributed by atoms with Gasteiger partial charge in [-0.3, -0.25) is 0 Å². The SMILES string of the molecule is CCCNCC(C)S(=O)(=O)NCCOCC(F)(F)F. The van der Waals surface area contributed by atoms with Crippen LogP contribution in [0, 0.1) is 0 Å². The van der Waals surface area contributed by atoms with Gasteiger partial charge in [-0.25, -0.2) is 13.1 Å². The molecule has 0 saturated carbocycles. The molecule has 1 unspecified atom stereocenters. The lowest BCUT2D eigenvalue weighted by Gasteiger charge is -2.14. The Morgan fingerprint density at radius 1 is 1.26 bits per heavy atom. The lowest BCUT2D eigenvalue weighted by molar-refractivity contribution is -0.173. The Morgan fingerprint density at radius 2 is 1.89 bits per heavy atom. The number of hydrogen-bond acceptors (Lipinski definition) is 4. The van der Waals surface area contributed by atoms with Crippen molar-refractivity contribution in [1.82, 2.24) is 10.0 Å². The van der Waals surface area contributed by atoms with Crippen molar-refractivity contribution < 1.29 is 26.3 Å². The van der Waals surface area contributed by atoms with E-state index in [0.717, 1.165) is 6.42 Å². The van der Waals surface area contributed by atoms with Crippen molar-refractivity contribution in [3.05, 3.63) is 0 Å². The van der Waals surface area contributed by atoms with Crippen LogP contribution in [0.2, 0.25) is 0 Å². The van der Waals surface area contributed by atoms with Crippen molar-refractivity contribution >= 4 is 10.0 Å². The minimum absolute atomic E-state index is 0.170. The van der Waals surface area contributed by atoms with Crippen molar-refractivity contribution in [2.24, 2.45) is 0 Å². The fourth-order valence-electron chi connectivity index (χ4n) is 1.18. The van der Waals surface area contributed by atoms with Gasteiger partial charge in [-0.1, -0.05) is 6.92 Å². The van der Waals surface area contributed by atoms with Gasteiger partial charge in [-0.15, -0.1) is 0 Å². The van der Waals surface area contributed by atoms with Gasteiger partial charge >= 0.3 is 6.18 Å². The van der Waals surface area contributed by atoms with Gasteiger partial charge in [0.1, 0.15) is 6.61 Å². The summed E-state index contributed by atoms with van der Waals surface area (Å²) in [5.41, 5.74) is 0. The number of alkyl halides is 3. The Hall–Kier alpha value is -0.380. The van der Waals surface area contributed by atoms with Crippen LogP contribution in [0.15, 0.2) is 0 Å². The first kappa shape index (κ1) is 18.6. The van der Waals surface area contributed by atoms with Crippen molar-refractivity contribution in [1.29, 1.82) is 0 Å². The van der Waals surface area contributed by atoms with E-state index < -0.39 is 28.1 Å². The molecule has 0 saturated heterocycles. The highest BCUT2D eigenvalue weighted by Gasteiger charge is 2.27. The minimum Gasteiger partial charge on any atom is -0.371 e. The van der Waals surface area contributed by atoms with Crippen LogP contribution in [-0.2, 0) is 14.8 Å². The molecule has 0 spiro atoms. The molecule has 0 aromatic rings. The molecule has 19 heavy (non-hydrogen) atoms. The summed E-state index contributed by atoms with van der Waals surface area (Å²) in [6, 6.07) is 0. The van der Waals surface area contributed by atoms with Gasteiger partial charge in [0, 0.05) is 13.1 Å². The average Bonchev–Trinajstić information content (AvgIpc) is 2.27. The minimum atomic E-state index is -4.39. The number of halogens is 3. The Balaban J connectivity index is 3.84. The molecule has 5 nitrogen and oxygen atoms in total. The summed E-state index contributed by atoms with van der Waals surface area (Å²) in [6.45, 7) is 2.65. The molecule has 0 aromatic carbocycles. The lowest BCUT2D eigenvalue weighted by atomic mass is 10.4. The lowest BCUT2D eigenvalue weighted by Crippen LogP contribution is -2.40. The van der Waals surface area contributed by atoms with E-state index in [9.17, 15) is 21.6 Å². The van der Waals surface area contributed by atoms with Crippen LogP contribution in [0.5, 0.6) is 0 Å². The zero-order valence-corrected chi connectivity index (χ0v) is 11.9. The Kier molecular flexibility index (Phi) is 8.55. The zero-order chi connectivity index (χ0) is 14.9. The molecule has 0 bridgehead atoms. The molecule has 0 aliphatic heterocycles. The number of hydrogen-bond donors (Lipinski definition) is 2. The van der Waals surface area contributed by atoms with Gasteiger partial charge in [0.2, 0.25) is 10.0 Å². The molecule has 9 heteroatoms. The van der Waals surface area contributed by atoms with E-state index in [0.29, 0.717) is 13.1 Å². The Labute approximate surface area is 111 Å². The summed E-state index contributed by atoms with van der Waals surface area (Å²) in [4.78, 5) is 0. The monoisotopic (exact) mass is 306 g/mol. The van der Waals surface area contributed by atoms with Crippen molar-refractivity contribution in [2.45, 2.75) is 31.7 Å². The highest BCUT2D eigenvalue weighted by molar-refractivity contribution is 7.90. The molecule has 0 heterocycles. The first-order valence-corrected chi connectivity index (χ1v) is 7.57. The molecule has 0 aromatic heterocycles. The number of rotatable bonds is 10. The summed E-state index contributed by atoms with van der Waals surface area (Å²) < 4.78 is 65.1. The van der Waals surface area contributed by atoms with Gasteiger partial charge in [0.05, 0.1) is 11.9 Å². The zero-order valence-electron chi connectivity index (χ0n) is 11.1. The van der Waals surface area contributed by atoms with Gasteiger partial charge in [0.15, 0.2) is 0 Å². The summed E-state index contributed by atoms with van der Waals surface area (Å²) in [7, 11) is -3.53. The van der Waals surface area contributed by atoms with Crippen LogP contribution in [0.3, 0.4) is 0 Å². The number of ether oxygens (including phenoxy) is 1. The second-order valence-corrected chi connectivity index (χ2v) is 6.31. The molecular weight excluding hydrogens is 285 g/mol. The third-order valence-corrected chi connectivity index (χ3v) is 4.04. The topological polar surface area (TPSA) is 67.4 Å². The van der Waals surface area contributed by atoms with Crippen LogP contribution in [0.4, 0.5) is 13.2 Å². The van der Waals surface area contributed by atoms with E-state index in [1.54, 1.807) is 0 Å². The van der Waals surface area contributed by atoms with Crippen LogP contribution >= 0.6 is 0 Å². The van der Waals surface area contributed by atoms with Crippen LogP contribution in [-0.4, -0.2) is 52.7 Å². The standard InChI is InChI=1S/C10H21F3N2O3S/c1-3-4-14-7-9(2)19(16,17)15-5-6-18-8-10(11,12)13/h9,14-15H,3-8H2,1-2H3. The molecule has 0 amide bonds. The maximum atomic E-state index is 11.7. The Morgan fingerprint density at radius 3 is 2.42 bits per heavy atom. The first-order valence-electron chi connectivity index (χ1n) is 6.02. The molecule has 116 valence electrons. The molecule has 0 fully saturated rings. The second-order valence-electron chi connectivity index (χ2n) is 4.12. The average molecular weight is 306 g/mol. The predicted molar refractivity (Wildman–Crippen MR) is 66.4 cm³/mol. The smallest absolute Gasteiger partial charge is 0.371 e. The fraction of sp³-hybridized carbons (Fsp3) is 1.00. The molecule has 2 N–H and O–H groups in total. The number of nitrogens with one attached hydrogen (secondary N) is 2. The van der Waals surface area contributed by atoms with E-state index in [1.807, 2.05) is 6.92 Å². The summed E-state index contributed by atoms with van der Waals surface area (Å²) in [5.74, 6) is 0. The van der Waals surface area contributed by atoms with Crippen molar-refractivity contribution in [3.8, 4) is 0 Å². The fourth-order valence-corrected chi connectivity index (χ4v) is 2.17. The highest BCUT2D eigenvalue weighted by atomic mass is 32.2. The number of sulfonamides is 1. The van der Waals surface area contributed by atoms with Crippen molar-refractivity contribution in [3.63, 3.8) is 0 Å². The van der Waals surface area contributed by atoms with E-state index in [4.69, 9.17) is 0 Å². The molecule has 1 atom stereocenters. The van der Waals surface area contributed by atoms with Gasteiger partial charge in [-0.05, 0) is 19.9 Å². The Bertz CT molecular complexity index is 333. The largest absolute Gasteiger partial charge is 0.411 e. The molecule has 0 aliphatic carbocycles. The van der Waals surface area contributed by atoms with E-state index in [-0.39, 0.29) is 13.2 Å². The third kappa shape index (κ3) is 10.1. The molecule has 0 aliphatic rings. The van der Waals surface area contributed by atoms with Gasteiger partial charge in [-0.2, -0.15) is 13.2 Å². The van der Waals surface area contributed by atoms with E-state index in [1.165, 1.54) is 6.92 Å². The quantitative estimate of drug-likeness (QED) is 0.588. The summed E-state index contributed by atoms with van der Waals surface area (Å²) >= 11 is 0. The maximum Gasteiger partial charge on any atom is 0.411 e. The summed E-state index contributed by atoms with van der Waals surface area (Å²) in [5, 5.41) is 2.31. The molecule has 0 rings (SSSR count). The normalized spacial score (nSPS) is 14.6. The predicted octanol–water partition coefficient (Wildman–Crippen LogP) is 0.873. The van der Waals surface area contributed by atoms with Gasteiger partial charge in [0.25, 0.3) is 0 Å². The first-order chi connectivity index (χ1) is 8.69. The summed E-state index contributed by atoms with van der Waals surface area (Å²) in [6.07, 6.45) is -3.50. The van der Waals surface area contributed by atoms with Crippen molar-refractivity contribution in [2.75, 3.05) is 32.8 Å². The second kappa shape index (κ2) is 8.72. The molecule has 0 radical (unpaired) electrons. The van der Waals surface area contributed by atoms with Gasteiger partial charge < -0.3 is 10.1 Å². The van der Waals surface area contributed by atoms with Crippen LogP contribution < -0.4 is 10.0 Å². The van der Waals surface area contributed by atoms with E-state index in [2.05, 4.69) is 14.8 Å². The van der Waals surface area contributed by atoms with Crippen LogP contribution in [0.1, 0.15) is 20.3 Å². The van der Waals surface area contributed by atoms with E-state index >= 15 is 0 Å².